The van der Waals surface area contributed by atoms with Gasteiger partial charge >= 0.3 is 0 Å². The highest BCUT2D eigenvalue weighted by atomic mass is 16.3. The van der Waals surface area contributed by atoms with Crippen LogP contribution in [0.3, 0.4) is 0 Å². The summed E-state index contributed by atoms with van der Waals surface area (Å²) in [5.41, 5.74) is 0. The molecule has 1 rings (SSSR count). The molecule has 60 valence electrons. The topological polar surface area (TPSA) is 20.2 Å². The van der Waals surface area contributed by atoms with Crippen molar-refractivity contribution in [1.82, 2.24) is 0 Å². The number of allylic oxidation sites excluding steroid dienone is 2. The molecule has 1 aliphatic rings. The molecule has 2 unspecified atom stereocenters. The van der Waals surface area contributed by atoms with E-state index in [2.05, 4.69) is 18.1 Å². The van der Waals surface area contributed by atoms with Crippen molar-refractivity contribution in [2.24, 2.45) is 5.92 Å². The van der Waals surface area contributed by atoms with Crippen LogP contribution < -0.4 is 0 Å². The van der Waals surface area contributed by atoms with E-state index in [1.807, 2.05) is 0 Å². The summed E-state index contributed by atoms with van der Waals surface area (Å²) in [6, 6.07) is 0. The van der Waals surface area contributed by atoms with Gasteiger partial charge < -0.3 is 5.11 Å². The summed E-state index contributed by atoms with van der Waals surface area (Å²) in [4.78, 5) is 0. The van der Waals surface area contributed by atoms with Gasteiger partial charge in [-0.15, -0.1) is 12.3 Å². The first-order valence-corrected chi connectivity index (χ1v) is 4.14. The summed E-state index contributed by atoms with van der Waals surface area (Å²) >= 11 is 0. The van der Waals surface area contributed by atoms with E-state index in [1.54, 1.807) is 0 Å². The molecule has 0 aromatic carbocycles. The minimum Gasteiger partial charge on any atom is -0.392 e. The van der Waals surface area contributed by atoms with Crippen LogP contribution in [0.5, 0.6) is 0 Å². The van der Waals surface area contributed by atoms with E-state index in [-0.39, 0.29) is 12.0 Å². The molecular formula is C10H14O. The lowest BCUT2D eigenvalue weighted by atomic mass is 9.92. The molecule has 1 N–H and O–H groups in total. The van der Waals surface area contributed by atoms with Crippen molar-refractivity contribution in [2.75, 3.05) is 0 Å². The second kappa shape index (κ2) is 4.20. The van der Waals surface area contributed by atoms with Crippen LogP contribution in [-0.4, -0.2) is 11.2 Å². The number of aliphatic hydroxyl groups is 1. The zero-order chi connectivity index (χ0) is 8.10. The third kappa shape index (κ3) is 2.40. The minimum absolute atomic E-state index is 0.0694. The van der Waals surface area contributed by atoms with Crippen LogP contribution in [0.2, 0.25) is 0 Å². The molecule has 0 saturated heterocycles. The van der Waals surface area contributed by atoms with Gasteiger partial charge in [0.25, 0.3) is 0 Å². The quantitative estimate of drug-likeness (QED) is 0.412. The Kier molecular flexibility index (Phi) is 3.19. The highest BCUT2D eigenvalue weighted by Crippen LogP contribution is 2.18. The molecule has 0 fully saturated rings. The van der Waals surface area contributed by atoms with E-state index >= 15 is 0 Å². The summed E-state index contributed by atoms with van der Waals surface area (Å²) in [5.74, 6) is 2.71. The number of terminal acetylenes is 1. The van der Waals surface area contributed by atoms with E-state index < -0.39 is 0 Å². The van der Waals surface area contributed by atoms with Crippen LogP contribution in [0.4, 0.5) is 0 Å². The Balaban J connectivity index is 2.52. The van der Waals surface area contributed by atoms with Crippen LogP contribution in [-0.2, 0) is 0 Å². The van der Waals surface area contributed by atoms with E-state index in [9.17, 15) is 5.11 Å². The van der Waals surface area contributed by atoms with Crippen LogP contribution >= 0.6 is 0 Å². The fourth-order valence-corrected chi connectivity index (χ4v) is 1.37. The molecule has 0 radical (unpaired) electrons. The van der Waals surface area contributed by atoms with Gasteiger partial charge in [0.2, 0.25) is 0 Å². The first-order chi connectivity index (χ1) is 5.34. The van der Waals surface area contributed by atoms with Crippen LogP contribution in [0.25, 0.3) is 0 Å². The van der Waals surface area contributed by atoms with Crippen molar-refractivity contribution in [2.45, 2.75) is 31.8 Å². The number of hydrogen-bond acceptors (Lipinski definition) is 1. The maximum atomic E-state index is 9.50. The van der Waals surface area contributed by atoms with Gasteiger partial charge in [0, 0.05) is 5.92 Å². The normalized spacial score (nSPS) is 34.9. The minimum atomic E-state index is -0.287. The first-order valence-electron chi connectivity index (χ1n) is 4.14. The van der Waals surface area contributed by atoms with Gasteiger partial charge in [0.05, 0.1) is 6.10 Å². The molecule has 0 aromatic heterocycles. The molecule has 11 heavy (non-hydrogen) atoms. The standard InChI is InChI=1S/C10H14O/c1-2-9-7-5-3-4-6-8-10(9)11/h1,3-4,9-11H,5-8H2/b4-3-. The second-order valence-corrected chi connectivity index (χ2v) is 2.97. The molecule has 1 nitrogen and oxygen atoms in total. The van der Waals surface area contributed by atoms with E-state index in [4.69, 9.17) is 6.42 Å². The van der Waals surface area contributed by atoms with Crippen molar-refractivity contribution < 1.29 is 5.11 Å². The Morgan fingerprint density at radius 3 is 2.55 bits per heavy atom. The van der Waals surface area contributed by atoms with Crippen LogP contribution in [0.15, 0.2) is 12.2 Å². The molecule has 0 aliphatic heterocycles. The predicted octanol–water partition coefficient (Wildman–Crippen LogP) is 1.73. The Hall–Kier alpha value is -0.740. The Bertz CT molecular complexity index is 176. The van der Waals surface area contributed by atoms with Gasteiger partial charge in [-0.1, -0.05) is 12.2 Å². The number of hydrogen-bond donors (Lipinski definition) is 1. The largest absolute Gasteiger partial charge is 0.392 e. The number of aliphatic hydroxyl groups excluding tert-OH is 1. The summed E-state index contributed by atoms with van der Waals surface area (Å²) in [6.07, 6.45) is 13.0. The van der Waals surface area contributed by atoms with Crippen molar-refractivity contribution >= 4 is 0 Å². The lowest BCUT2D eigenvalue weighted by Gasteiger charge is -2.18. The van der Waals surface area contributed by atoms with Crippen molar-refractivity contribution in [1.29, 1.82) is 0 Å². The van der Waals surface area contributed by atoms with Gasteiger partial charge in [-0.3, -0.25) is 0 Å². The van der Waals surface area contributed by atoms with Gasteiger partial charge in [0.1, 0.15) is 0 Å². The van der Waals surface area contributed by atoms with E-state index in [0.717, 1.165) is 25.7 Å². The highest BCUT2D eigenvalue weighted by Gasteiger charge is 2.15. The second-order valence-electron chi connectivity index (χ2n) is 2.97. The maximum Gasteiger partial charge on any atom is 0.0680 e. The first kappa shape index (κ1) is 8.36. The SMILES string of the molecule is C#CC1CC/C=C\CCC1O. The lowest BCUT2D eigenvalue weighted by molar-refractivity contribution is 0.120. The molecule has 0 amide bonds. The molecule has 2 atom stereocenters. The van der Waals surface area contributed by atoms with E-state index in [0.29, 0.717) is 0 Å². The lowest BCUT2D eigenvalue weighted by Crippen LogP contribution is -2.19. The van der Waals surface area contributed by atoms with Crippen LogP contribution in [0, 0.1) is 18.3 Å². The third-order valence-corrected chi connectivity index (χ3v) is 2.12. The number of rotatable bonds is 0. The van der Waals surface area contributed by atoms with Crippen molar-refractivity contribution in [3.63, 3.8) is 0 Å². The Morgan fingerprint density at radius 2 is 1.91 bits per heavy atom. The zero-order valence-electron chi connectivity index (χ0n) is 6.66. The predicted molar refractivity (Wildman–Crippen MR) is 45.9 cm³/mol. The molecule has 0 saturated carbocycles. The summed E-state index contributed by atoms with van der Waals surface area (Å²) in [6.45, 7) is 0. The average Bonchev–Trinajstić information content (AvgIpc) is 1.98. The van der Waals surface area contributed by atoms with Gasteiger partial charge in [-0.05, 0) is 25.7 Å². The molecule has 1 aliphatic carbocycles. The highest BCUT2D eigenvalue weighted by molar-refractivity contribution is 5.00. The van der Waals surface area contributed by atoms with E-state index in [1.165, 1.54) is 0 Å². The molecular weight excluding hydrogens is 136 g/mol. The zero-order valence-corrected chi connectivity index (χ0v) is 6.66. The average molecular weight is 150 g/mol. The summed E-state index contributed by atoms with van der Waals surface area (Å²) in [5, 5.41) is 9.50. The molecule has 0 aromatic rings. The van der Waals surface area contributed by atoms with Crippen LogP contribution in [0.1, 0.15) is 25.7 Å². The molecule has 0 heterocycles. The Morgan fingerprint density at radius 1 is 1.27 bits per heavy atom. The summed E-state index contributed by atoms with van der Waals surface area (Å²) in [7, 11) is 0. The fourth-order valence-electron chi connectivity index (χ4n) is 1.37. The third-order valence-electron chi connectivity index (χ3n) is 2.12. The molecule has 0 bridgehead atoms. The summed E-state index contributed by atoms with van der Waals surface area (Å²) < 4.78 is 0. The molecule has 1 heteroatoms. The van der Waals surface area contributed by atoms with Crippen molar-refractivity contribution in [3.8, 4) is 12.3 Å². The smallest absolute Gasteiger partial charge is 0.0680 e. The van der Waals surface area contributed by atoms with Gasteiger partial charge in [-0.25, -0.2) is 0 Å². The molecule has 0 spiro atoms. The maximum absolute atomic E-state index is 9.50. The fraction of sp³-hybridized carbons (Fsp3) is 0.600. The Labute approximate surface area is 68.1 Å². The monoisotopic (exact) mass is 150 g/mol. The van der Waals surface area contributed by atoms with Crippen molar-refractivity contribution in [3.05, 3.63) is 12.2 Å². The van der Waals surface area contributed by atoms with Gasteiger partial charge in [-0.2, -0.15) is 0 Å². The van der Waals surface area contributed by atoms with Gasteiger partial charge in [0.15, 0.2) is 0 Å².